The van der Waals surface area contributed by atoms with E-state index in [0.29, 0.717) is 24.4 Å². The van der Waals surface area contributed by atoms with Crippen LogP contribution in [0.15, 0.2) is 54.9 Å². The summed E-state index contributed by atoms with van der Waals surface area (Å²) < 4.78 is 5.17. The number of hydrogen-bond donors (Lipinski definition) is 1. The van der Waals surface area contributed by atoms with Crippen LogP contribution in [-0.4, -0.2) is 48.0 Å². The number of nitrogens with one attached hydrogen (secondary N) is 1. The molecule has 0 fully saturated rings. The summed E-state index contributed by atoms with van der Waals surface area (Å²) in [5.74, 6) is -0.111. The van der Waals surface area contributed by atoms with Gasteiger partial charge in [0.2, 0.25) is 0 Å². The van der Waals surface area contributed by atoms with Gasteiger partial charge >= 0.3 is 6.09 Å². The Morgan fingerprint density at radius 1 is 1.07 bits per heavy atom. The van der Waals surface area contributed by atoms with Gasteiger partial charge in [-0.15, -0.1) is 0 Å². The van der Waals surface area contributed by atoms with Crippen molar-refractivity contribution in [3.05, 3.63) is 66.0 Å². The number of allylic oxidation sites excluding steroid dienone is 1. The molecule has 1 heterocycles. The van der Waals surface area contributed by atoms with Gasteiger partial charge < -0.3 is 9.64 Å². The highest BCUT2D eigenvalue weighted by Crippen LogP contribution is 2.12. The van der Waals surface area contributed by atoms with E-state index in [0.717, 1.165) is 18.7 Å². The van der Waals surface area contributed by atoms with Crippen molar-refractivity contribution in [3.63, 3.8) is 0 Å². The lowest BCUT2D eigenvalue weighted by molar-refractivity contribution is 0.104. The highest BCUT2D eigenvalue weighted by atomic mass is 16.5. The average Bonchev–Trinajstić information content (AvgIpc) is 2.71. The molecule has 27 heavy (non-hydrogen) atoms. The molecular formula is C21H25N3O3. The summed E-state index contributed by atoms with van der Waals surface area (Å²) in [6, 6.07) is 10.3. The number of carbonyl (C=O) groups is 2. The number of hydrogen-bond acceptors (Lipinski definition) is 5. The lowest BCUT2D eigenvalue weighted by atomic mass is 10.1. The van der Waals surface area contributed by atoms with Gasteiger partial charge in [0.05, 0.1) is 0 Å². The van der Waals surface area contributed by atoms with E-state index in [-0.39, 0.29) is 5.78 Å². The van der Waals surface area contributed by atoms with Crippen molar-refractivity contribution in [2.45, 2.75) is 13.8 Å². The van der Waals surface area contributed by atoms with E-state index in [9.17, 15) is 9.59 Å². The summed E-state index contributed by atoms with van der Waals surface area (Å²) >= 11 is 0. The number of anilines is 1. The van der Waals surface area contributed by atoms with Crippen molar-refractivity contribution < 1.29 is 14.3 Å². The Labute approximate surface area is 159 Å². The van der Waals surface area contributed by atoms with E-state index in [1.54, 1.807) is 42.7 Å². The highest BCUT2D eigenvalue weighted by molar-refractivity contribution is 6.07. The van der Waals surface area contributed by atoms with Crippen molar-refractivity contribution in [1.29, 1.82) is 0 Å². The summed E-state index contributed by atoms with van der Waals surface area (Å²) in [7, 11) is 0. The fourth-order valence-corrected chi connectivity index (χ4v) is 2.42. The maximum atomic E-state index is 12.2. The third-order valence-electron chi connectivity index (χ3n) is 4.08. The first kappa shape index (κ1) is 20.3. The average molecular weight is 367 g/mol. The Bertz CT molecular complexity index is 754. The van der Waals surface area contributed by atoms with Crippen molar-refractivity contribution in [1.82, 2.24) is 9.88 Å². The van der Waals surface area contributed by atoms with Crippen molar-refractivity contribution in [2.24, 2.45) is 0 Å². The van der Waals surface area contributed by atoms with Crippen molar-refractivity contribution in [2.75, 3.05) is 31.6 Å². The number of carbonyl (C=O) groups excluding carboxylic acids is 2. The molecule has 0 aliphatic rings. The lowest BCUT2D eigenvalue weighted by Crippen LogP contribution is -2.28. The minimum absolute atomic E-state index is 0.111. The van der Waals surface area contributed by atoms with Gasteiger partial charge in [-0.25, -0.2) is 4.79 Å². The molecule has 0 unspecified atom stereocenters. The Balaban J connectivity index is 1.83. The van der Waals surface area contributed by atoms with E-state index in [4.69, 9.17) is 4.74 Å². The highest BCUT2D eigenvalue weighted by Gasteiger charge is 2.06. The van der Waals surface area contributed by atoms with Crippen LogP contribution in [0.4, 0.5) is 10.5 Å². The number of nitrogens with zero attached hydrogens (tertiary/aromatic N) is 2. The molecule has 2 aromatic rings. The molecule has 1 N–H and O–H groups in total. The molecule has 6 heteroatoms. The molecule has 0 saturated carbocycles. The summed E-state index contributed by atoms with van der Waals surface area (Å²) in [4.78, 5) is 30.1. The molecule has 0 spiro atoms. The third-order valence-corrected chi connectivity index (χ3v) is 4.08. The number of pyridine rings is 1. The first-order valence-corrected chi connectivity index (χ1v) is 9.01. The normalized spacial score (nSPS) is 10.9. The van der Waals surface area contributed by atoms with Crippen LogP contribution in [0.5, 0.6) is 0 Å². The smallest absolute Gasteiger partial charge is 0.411 e. The molecule has 142 valence electrons. The van der Waals surface area contributed by atoms with Gasteiger partial charge in [0.15, 0.2) is 5.78 Å². The first-order valence-electron chi connectivity index (χ1n) is 9.01. The van der Waals surface area contributed by atoms with Gasteiger partial charge in [0.25, 0.3) is 0 Å². The van der Waals surface area contributed by atoms with Crippen LogP contribution in [0.1, 0.15) is 29.8 Å². The van der Waals surface area contributed by atoms with Crippen LogP contribution < -0.4 is 5.32 Å². The molecule has 2 rings (SSSR count). The van der Waals surface area contributed by atoms with Crippen LogP contribution in [0, 0.1) is 0 Å². The first-order chi connectivity index (χ1) is 13.1. The Hall–Kier alpha value is -2.99. The molecule has 1 amide bonds. The van der Waals surface area contributed by atoms with Gasteiger partial charge in [-0.05, 0) is 61.1 Å². The van der Waals surface area contributed by atoms with Gasteiger partial charge in [-0.2, -0.15) is 0 Å². The monoisotopic (exact) mass is 367 g/mol. The summed E-state index contributed by atoms with van der Waals surface area (Å²) in [6.07, 6.45) is 6.10. The number of amides is 1. The molecule has 0 atom stereocenters. The van der Waals surface area contributed by atoms with E-state index in [2.05, 4.69) is 29.0 Å². The number of ketones is 1. The fraction of sp³-hybridized carbons (Fsp3) is 0.286. The Morgan fingerprint density at radius 2 is 1.74 bits per heavy atom. The molecule has 1 aromatic carbocycles. The largest absolute Gasteiger partial charge is 0.448 e. The molecule has 0 radical (unpaired) electrons. The van der Waals surface area contributed by atoms with Crippen LogP contribution in [0.25, 0.3) is 6.08 Å². The Kier molecular flexibility index (Phi) is 8.19. The molecule has 0 aliphatic carbocycles. The number of aromatic nitrogens is 1. The van der Waals surface area contributed by atoms with Gasteiger partial charge in [0, 0.05) is 30.2 Å². The quantitative estimate of drug-likeness (QED) is 0.538. The molecule has 0 aliphatic heterocycles. The zero-order chi connectivity index (χ0) is 19.5. The van der Waals surface area contributed by atoms with Gasteiger partial charge in [-0.3, -0.25) is 15.1 Å². The van der Waals surface area contributed by atoms with E-state index in [1.807, 2.05) is 12.1 Å². The lowest BCUT2D eigenvalue weighted by Gasteiger charge is -2.17. The second-order valence-corrected chi connectivity index (χ2v) is 5.84. The number of likely N-dealkylation sites (N-methyl/N-ethyl adjacent to an activating group) is 1. The summed E-state index contributed by atoms with van der Waals surface area (Å²) in [5.41, 5.74) is 2.03. The topological polar surface area (TPSA) is 71.5 Å². The van der Waals surface area contributed by atoms with Gasteiger partial charge in [0.1, 0.15) is 6.61 Å². The molecule has 0 saturated heterocycles. The minimum Gasteiger partial charge on any atom is -0.448 e. The Morgan fingerprint density at radius 3 is 2.37 bits per heavy atom. The molecular weight excluding hydrogens is 342 g/mol. The summed E-state index contributed by atoms with van der Waals surface area (Å²) in [5, 5.41) is 2.66. The molecule has 1 aromatic heterocycles. The van der Waals surface area contributed by atoms with Crippen LogP contribution in [-0.2, 0) is 4.74 Å². The second kappa shape index (κ2) is 10.9. The zero-order valence-electron chi connectivity index (χ0n) is 15.7. The zero-order valence-corrected chi connectivity index (χ0v) is 15.7. The van der Waals surface area contributed by atoms with E-state index >= 15 is 0 Å². The van der Waals surface area contributed by atoms with Crippen molar-refractivity contribution >= 4 is 23.6 Å². The maximum absolute atomic E-state index is 12.2. The fourth-order valence-electron chi connectivity index (χ4n) is 2.42. The van der Waals surface area contributed by atoms with E-state index < -0.39 is 6.09 Å². The van der Waals surface area contributed by atoms with Gasteiger partial charge in [-0.1, -0.05) is 19.9 Å². The predicted octanol–water partition coefficient (Wildman–Crippen LogP) is 3.87. The van der Waals surface area contributed by atoms with E-state index in [1.165, 1.54) is 6.08 Å². The van der Waals surface area contributed by atoms with Crippen LogP contribution in [0.3, 0.4) is 0 Å². The number of rotatable bonds is 9. The second-order valence-electron chi connectivity index (χ2n) is 5.84. The molecule has 6 nitrogen and oxygen atoms in total. The summed E-state index contributed by atoms with van der Waals surface area (Å²) in [6.45, 7) is 7.03. The van der Waals surface area contributed by atoms with Crippen LogP contribution >= 0.6 is 0 Å². The minimum atomic E-state index is -0.501. The predicted molar refractivity (Wildman–Crippen MR) is 107 cm³/mol. The number of benzene rings is 1. The van der Waals surface area contributed by atoms with Crippen LogP contribution in [0.2, 0.25) is 0 Å². The SMILES string of the molecule is CCN(CC)CCOC(=O)Nc1ccc(C(=O)/C=C/c2ccncc2)cc1. The third kappa shape index (κ3) is 7.03. The molecule has 0 bridgehead atoms. The van der Waals surface area contributed by atoms with Crippen molar-refractivity contribution in [3.8, 4) is 0 Å². The maximum Gasteiger partial charge on any atom is 0.411 e. The standard InChI is InChI=1S/C21H25N3O3/c1-3-24(4-2)15-16-27-21(26)23-19-8-6-18(7-9-19)20(25)10-5-17-11-13-22-14-12-17/h5-14H,3-4,15-16H2,1-2H3,(H,23,26)/b10-5+. The number of ether oxygens (including phenoxy) is 1.